The van der Waals surface area contributed by atoms with Gasteiger partial charge in [0.2, 0.25) is 0 Å². The van der Waals surface area contributed by atoms with Gasteiger partial charge in [-0.2, -0.15) is 0 Å². The molecule has 31 heavy (non-hydrogen) atoms. The maximum absolute atomic E-state index is 12.8. The predicted octanol–water partition coefficient (Wildman–Crippen LogP) is 6.55. The molecule has 1 aliphatic heterocycles. The van der Waals surface area contributed by atoms with E-state index in [2.05, 4.69) is 73.8 Å². The number of fused-ring (bicyclic) bond motifs is 1. The molecule has 2 N–H and O–H groups in total. The number of carbonyl (C=O) groups is 1. The minimum absolute atomic E-state index is 0.160. The van der Waals surface area contributed by atoms with E-state index in [9.17, 15) is 4.79 Å². The van der Waals surface area contributed by atoms with Crippen LogP contribution in [0.3, 0.4) is 0 Å². The highest BCUT2D eigenvalue weighted by atomic mass is 127. The fraction of sp³-hybridized carbons (Fsp3) is 0.417. The van der Waals surface area contributed by atoms with Crippen LogP contribution in [0.4, 0.5) is 5.82 Å². The second-order valence-corrected chi connectivity index (χ2v) is 10.3. The number of nitrogens with one attached hydrogen (secondary N) is 2. The largest absolute Gasteiger partial charge is 0.360 e. The summed E-state index contributed by atoms with van der Waals surface area (Å²) in [6, 6.07) is 10.2. The van der Waals surface area contributed by atoms with Crippen molar-refractivity contribution in [2.75, 3.05) is 18.4 Å². The number of anilines is 1. The first-order valence-electron chi connectivity index (χ1n) is 10.9. The maximum Gasteiger partial charge on any atom is 0.257 e. The van der Waals surface area contributed by atoms with Crippen molar-refractivity contribution >= 4 is 61.3 Å². The standard InChI is InChI=1S/C24H28BrIN4O/c1-3-5-15(2)30-12-10-16(11-13-30)18-14-27-20-8-9-21(28-23(18)20)29-24(31)17-6-4-7-19(26)22(17)25/h4,6-9,14-16,27H,3,5,10-13H2,1-2H3,(H,28,29,31). The molecule has 4 rings (SSSR count). The third-order valence-electron chi connectivity index (χ3n) is 6.29. The van der Waals surface area contributed by atoms with E-state index in [1.54, 1.807) is 0 Å². The first-order valence-corrected chi connectivity index (χ1v) is 12.8. The Hall–Kier alpha value is -1.45. The number of likely N-dealkylation sites (tertiary alicyclic amines) is 1. The molecule has 1 unspecified atom stereocenters. The van der Waals surface area contributed by atoms with Crippen molar-refractivity contribution < 1.29 is 4.79 Å². The first-order chi connectivity index (χ1) is 15.0. The summed E-state index contributed by atoms with van der Waals surface area (Å²) in [4.78, 5) is 23.6. The van der Waals surface area contributed by atoms with E-state index in [1.807, 2.05) is 30.3 Å². The molecular weight excluding hydrogens is 567 g/mol. The summed E-state index contributed by atoms with van der Waals surface area (Å²) < 4.78 is 1.81. The molecule has 1 aliphatic rings. The van der Waals surface area contributed by atoms with Gasteiger partial charge in [-0.3, -0.25) is 4.79 Å². The van der Waals surface area contributed by atoms with Gasteiger partial charge < -0.3 is 15.2 Å². The molecule has 164 valence electrons. The van der Waals surface area contributed by atoms with E-state index < -0.39 is 0 Å². The monoisotopic (exact) mass is 594 g/mol. The lowest BCUT2D eigenvalue weighted by atomic mass is 9.89. The molecule has 1 aromatic carbocycles. The molecule has 1 atom stereocenters. The van der Waals surface area contributed by atoms with Crippen LogP contribution in [-0.2, 0) is 0 Å². The molecule has 3 heterocycles. The Labute approximate surface area is 205 Å². The summed E-state index contributed by atoms with van der Waals surface area (Å²) in [6.07, 6.45) is 6.90. The number of amides is 1. The number of benzene rings is 1. The average Bonchev–Trinajstić information content (AvgIpc) is 3.19. The number of carbonyl (C=O) groups excluding carboxylic acids is 1. The molecule has 1 amide bonds. The molecule has 5 nitrogen and oxygen atoms in total. The number of rotatable bonds is 6. The lowest BCUT2D eigenvalue weighted by molar-refractivity contribution is 0.102. The highest BCUT2D eigenvalue weighted by molar-refractivity contribution is 14.1. The van der Waals surface area contributed by atoms with Gasteiger partial charge in [-0.1, -0.05) is 19.4 Å². The highest BCUT2D eigenvalue weighted by Crippen LogP contribution is 2.34. The summed E-state index contributed by atoms with van der Waals surface area (Å²) >= 11 is 5.73. The van der Waals surface area contributed by atoms with Crippen molar-refractivity contribution in [1.82, 2.24) is 14.9 Å². The zero-order valence-corrected chi connectivity index (χ0v) is 21.7. The first kappa shape index (κ1) is 22.7. The Morgan fingerprint density at radius 2 is 2.10 bits per heavy atom. The summed E-state index contributed by atoms with van der Waals surface area (Å²) in [7, 11) is 0. The highest BCUT2D eigenvalue weighted by Gasteiger charge is 2.25. The van der Waals surface area contributed by atoms with Crippen molar-refractivity contribution in [1.29, 1.82) is 0 Å². The molecule has 0 radical (unpaired) electrons. The van der Waals surface area contributed by atoms with Crippen LogP contribution in [-0.4, -0.2) is 39.9 Å². The number of aromatic nitrogens is 2. The number of piperidine rings is 1. The minimum atomic E-state index is -0.160. The van der Waals surface area contributed by atoms with Crippen molar-refractivity contribution in [3.63, 3.8) is 0 Å². The minimum Gasteiger partial charge on any atom is -0.360 e. The Bertz CT molecular complexity index is 1070. The molecule has 0 saturated carbocycles. The SMILES string of the molecule is CCCC(C)N1CCC(c2c[nH]c3ccc(NC(=O)c4cccc(I)c4Br)nc23)CC1. The van der Waals surface area contributed by atoms with E-state index in [-0.39, 0.29) is 5.91 Å². The van der Waals surface area contributed by atoms with Crippen LogP contribution in [0.1, 0.15) is 61.4 Å². The topological polar surface area (TPSA) is 61.0 Å². The van der Waals surface area contributed by atoms with Crippen molar-refractivity contribution in [3.8, 4) is 0 Å². The molecule has 0 aliphatic carbocycles. The number of aromatic amines is 1. The van der Waals surface area contributed by atoms with Crippen molar-refractivity contribution in [2.45, 2.75) is 51.5 Å². The van der Waals surface area contributed by atoms with Gasteiger partial charge >= 0.3 is 0 Å². The Kier molecular flexibility index (Phi) is 7.33. The van der Waals surface area contributed by atoms with Crippen LogP contribution in [0.2, 0.25) is 0 Å². The quantitative estimate of drug-likeness (QED) is 0.318. The summed E-state index contributed by atoms with van der Waals surface area (Å²) in [5.74, 6) is 0.924. The summed E-state index contributed by atoms with van der Waals surface area (Å²) in [5, 5.41) is 2.97. The van der Waals surface area contributed by atoms with E-state index in [0.29, 0.717) is 23.3 Å². The van der Waals surface area contributed by atoms with Gasteiger partial charge in [0.15, 0.2) is 0 Å². The molecule has 1 fully saturated rings. The van der Waals surface area contributed by atoms with E-state index in [0.717, 1.165) is 45.0 Å². The van der Waals surface area contributed by atoms with Gasteiger partial charge in [0, 0.05) is 20.3 Å². The van der Waals surface area contributed by atoms with Crippen LogP contribution in [0.5, 0.6) is 0 Å². The molecule has 1 saturated heterocycles. The Morgan fingerprint density at radius 1 is 1.32 bits per heavy atom. The molecule has 0 bridgehead atoms. The number of hydrogen-bond acceptors (Lipinski definition) is 3. The normalized spacial score (nSPS) is 16.5. The third kappa shape index (κ3) is 4.98. The summed E-state index contributed by atoms with van der Waals surface area (Å²) in [5.41, 5.74) is 3.87. The van der Waals surface area contributed by atoms with Gasteiger partial charge in [-0.25, -0.2) is 4.98 Å². The van der Waals surface area contributed by atoms with Crippen molar-refractivity contribution in [2.24, 2.45) is 0 Å². The number of pyridine rings is 1. The molecule has 3 aromatic rings. The van der Waals surface area contributed by atoms with Crippen LogP contribution >= 0.6 is 38.5 Å². The lowest BCUT2D eigenvalue weighted by Gasteiger charge is -2.36. The number of halogens is 2. The van der Waals surface area contributed by atoms with Crippen LogP contribution in [0, 0.1) is 3.57 Å². The van der Waals surface area contributed by atoms with Crippen LogP contribution < -0.4 is 5.32 Å². The maximum atomic E-state index is 12.8. The van der Waals surface area contributed by atoms with E-state index in [1.165, 1.54) is 18.4 Å². The third-order valence-corrected chi connectivity index (χ3v) is 8.78. The lowest BCUT2D eigenvalue weighted by Crippen LogP contribution is -2.39. The van der Waals surface area contributed by atoms with Crippen LogP contribution in [0.15, 0.2) is 41.0 Å². The molecular formula is C24H28BrIN4O. The second-order valence-electron chi connectivity index (χ2n) is 8.34. The van der Waals surface area contributed by atoms with Gasteiger partial charge in [0.1, 0.15) is 5.82 Å². The Morgan fingerprint density at radius 3 is 2.84 bits per heavy atom. The van der Waals surface area contributed by atoms with Crippen molar-refractivity contribution in [3.05, 3.63) is 55.7 Å². The smallest absolute Gasteiger partial charge is 0.257 e. The Balaban J connectivity index is 1.51. The van der Waals surface area contributed by atoms with E-state index in [4.69, 9.17) is 4.98 Å². The summed E-state index contributed by atoms with van der Waals surface area (Å²) in [6.45, 7) is 6.87. The van der Waals surface area contributed by atoms with Gasteiger partial charge in [0.05, 0.1) is 16.6 Å². The fourth-order valence-corrected chi connectivity index (χ4v) is 5.46. The zero-order chi connectivity index (χ0) is 22.0. The molecule has 0 spiro atoms. The second kappa shape index (κ2) is 10.0. The van der Waals surface area contributed by atoms with Gasteiger partial charge in [-0.05, 0) is 114 Å². The number of H-pyrrole nitrogens is 1. The average molecular weight is 595 g/mol. The van der Waals surface area contributed by atoms with E-state index >= 15 is 0 Å². The molecule has 7 heteroatoms. The number of nitrogens with zero attached hydrogens (tertiary/aromatic N) is 2. The van der Waals surface area contributed by atoms with Gasteiger partial charge in [-0.15, -0.1) is 0 Å². The fourth-order valence-electron chi connectivity index (χ4n) is 4.51. The number of hydrogen-bond donors (Lipinski definition) is 2. The van der Waals surface area contributed by atoms with Crippen LogP contribution in [0.25, 0.3) is 11.0 Å². The molecule has 2 aromatic heterocycles. The predicted molar refractivity (Wildman–Crippen MR) is 139 cm³/mol. The van der Waals surface area contributed by atoms with Gasteiger partial charge in [0.25, 0.3) is 5.91 Å². The zero-order valence-electron chi connectivity index (χ0n) is 17.9.